The number of hydrogen-bond donors (Lipinski definition) is 2. The second-order valence-electron chi connectivity index (χ2n) is 7.06. The number of fused-ring (bicyclic) bond motifs is 1. The highest BCUT2D eigenvalue weighted by molar-refractivity contribution is 6.10. The zero-order chi connectivity index (χ0) is 20.4. The number of benzene rings is 1. The van der Waals surface area contributed by atoms with Crippen LogP contribution in [0.15, 0.2) is 28.0 Å². The maximum absolute atomic E-state index is 12.7. The smallest absolute Gasteiger partial charge is 0.337 e. The molecule has 0 spiro atoms. The predicted octanol–water partition coefficient (Wildman–Crippen LogP) is 0.887. The van der Waals surface area contributed by atoms with Crippen molar-refractivity contribution in [1.29, 1.82) is 0 Å². The summed E-state index contributed by atoms with van der Waals surface area (Å²) in [5.41, 5.74) is 2.86. The summed E-state index contributed by atoms with van der Waals surface area (Å²) >= 11 is 0. The number of ether oxygens (including phenoxy) is 1. The zero-order valence-electron chi connectivity index (χ0n) is 16.2. The maximum atomic E-state index is 12.7. The van der Waals surface area contributed by atoms with E-state index in [1.807, 2.05) is 6.07 Å². The van der Waals surface area contributed by atoms with Gasteiger partial charge in [-0.1, -0.05) is 0 Å². The van der Waals surface area contributed by atoms with Gasteiger partial charge in [0, 0.05) is 19.6 Å². The number of methoxy groups -OCH3 is 1. The van der Waals surface area contributed by atoms with E-state index in [1.165, 1.54) is 18.4 Å². The fourth-order valence-corrected chi connectivity index (χ4v) is 3.83. The molecule has 2 N–H and O–H groups in total. The molecule has 2 aliphatic heterocycles. The molecule has 0 bridgehead atoms. The number of nitrogens with one attached hydrogen (secondary N) is 1. The van der Waals surface area contributed by atoms with Crippen LogP contribution in [0.25, 0.3) is 11.0 Å². The van der Waals surface area contributed by atoms with E-state index in [0.717, 1.165) is 31.6 Å². The third-order valence-corrected chi connectivity index (χ3v) is 5.30. The minimum absolute atomic E-state index is 0.0699. The molecule has 3 heterocycles. The topological polar surface area (TPSA) is 121 Å². The minimum atomic E-state index is -0.597. The number of hydrogen-bond acceptors (Lipinski definition) is 9. The molecule has 0 radical (unpaired) electrons. The van der Waals surface area contributed by atoms with Gasteiger partial charge in [0.25, 0.3) is 5.91 Å². The second kappa shape index (κ2) is 8.08. The summed E-state index contributed by atoms with van der Waals surface area (Å²) in [5.74, 6) is -0.982. The number of piperidine rings is 1. The van der Waals surface area contributed by atoms with Gasteiger partial charge >= 0.3 is 5.97 Å². The number of aliphatic hydroxyl groups is 1. The van der Waals surface area contributed by atoms with Gasteiger partial charge in [0.05, 0.1) is 37.2 Å². The predicted molar refractivity (Wildman–Crippen MR) is 104 cm³/mol. The molecule has 0 saturated carbocycles. The van der Waals surface area contributed by atoms with Crippen LogP contribution >= 0.6 is 0 Å². The number of aromatic nitrogens is 2. The van der Waals surface area contributed by atoms with Crippen molar-refractivity contribution in [1.82, 2.24) is 15.2 Å². The van der Waals surface area contributed by atoms with Gasteiger partial charge in [-0.3, -0.25) is 4.79 Å². The molecule has 1 saturated heterocycles. The van der Waals surface area contributed by atoms with Gasteiger partial charge in [-0.25, -0.2) is 9.42 Å². The lowest BCUT2D eigenvalue weighted by molar-refractivity contribution is -0.136. The number of amides is 1. The molecule has 1 aromatic heterocycles. The Labute approximate surface area is 167 Å². The Morgan fingerprint density at radius 2 is 2.00 bits per heavy atom. The average Bonchev–Trinajstić information content (AvgIpc) is 3.35. The van der Waals surface area contributed by atoms with Crippen LogP contribution in [0.4, 0.5) is 11.4 Å². The molecule has 1 aromatic carbocycles. The number of esters is 1. The van der Waals surface area contributed by atoms with Crippen LogP contribution in [0.1, 0.15) is 19.3 Å². The lowest BCUT2D eigenvalue weighted by Crippen LogP contribution is -2.31. The van der Waals surface area contributed by atoms with E-state index in [9.17, 15) is 14.7 Å². The Bertz CT molecular complexity index is 963. The monoisotopic (exact) mass is 401 g/mol. The van der Waals surface area contributed by atoms with Crippen molar-refractivity contribution in [3.63, 3.8) is 0 Å². The Morgan fingerprint density at radius 1 is 1.24 bits per heavy atom. The van der Waals surface area contributed by atoms with E-state index in [0.29, 0.717) is 16.7 Å². The molecule has 154 valence electrons. The van der Waals surface area contributed by atoms with Gasteiger partial charge in [-0.05, 0) is 41.7 Å². The van der Waals surface area contributed by atoms with Crippen LogP contribution in [-0.4, -0.2) is 72.1 Å². The van der Waals surface area contributed by atoms with Gasteiger partial charge in [0.1, 0.15) is 5.70 Å². The summed E-state index contributed by atoms with van der Waals surface area (Å²) in [6.45, 7) is 1.89. The molecule has 10 heteroatoms. The Morgan fingerprint density at radius 3 is 2.72 bits per heavy atom. The third kappa shape index (κ3) is 3.51. The van der Waals surface area contributed by atoms with Crippen LogP contribution in [0.5, 0.6) is 0 Å². The van der Waals surface area contributed by atoms with Gasteiger partial charge in [0.15, 0.2) is 11.0 Å². The number of nitrogens with zero attached hydrogens (tertiary/aromatic N) is 4. The number of anilines is 2. The van der Waals surface area contributed by atoms with E-state index in [1.54, 1.807) is 6.07 Å². The fraction of sp³-hybridized carbons (Fsp3) is 0.474. The van der Waals surface area contributed by atoms with Crippen LogP contribution in [0.3, 0.4) is 0 Å². The summed E-state index contributed by atoms with van der Waals surface area (Å²) in [7, 11) is 1.26. The maximum Gasteiger partial charge on any atom is 0.337 e. The fourth-order valence-electron chi connectivity index (χ4n) is 3.83. The Balaban J connectivity index is 1.69. The van der Waals surface area contributed by atoms with Crippen LogP contribution in [-0.2, 0) is 14.3 Å². The summed E-state index contributed by atoms with van der Waals surface area (Å²) in [4.78, 5) is 28.5. The number of β-amino-alcohol motifs (C(OH)–C–C–N with tert-alkyl or cyclic N) is 1. The SMILES string of the molecule is COC(=O)C1=C(Nc2ccc(N3CCCCC3)c3nonc23)C(=O)N(CCO)C1. The average molecular weight is 401 g/mol. The molecule has 0 aliphatic carbocycles. The molecule has 2 aromatic rings. The number of carbonyl (C=O) groups is 2. The van der Waals surface area contributed by atoms with Gasteiger partial charge < -0.3 is 25.0 Å². The molecule has 4 rings (SSSR count). The van der Waals surface area contributed by atoms with Crippen molar-refractivity contribution in [2.75, 3.05) is 50.1 Å². The highest BCUT2D eigenvalue weighted by Gasteiger charge is 2.35. The molecule has 2 aliphatic rings. The first kappa shape index (κ1) is 19.2. The Hall–Kier alpha value is -3.14. The molecule has 29 heavy (non-hydrogen) atoms. The lowest BCUT2D eigenvalue weighted by Gasteiger charge is -2.28. The first-order valence-corrected chi connectivity index (χ1v) is 9.63. The third-order valence-electron chi connectivity index (χ3n) is 5.30. The van der Waals surface area contributed by atoms with E-state index in [2.05, 4.69) is 20.5 Å². The second-order valence-corrected chi connectivity index (χ2v) is 7.06. The normalized spacial score (nSPS) is 17.4. The van der Waals surface area contributed by atoms with Crippen LogP contribution < -0.4 is 10.2 Å². The van der Waals surface area contributed by atoms with E-state index < -0.39 is 5.97 Å². The minimum Gasteiger partial charge on any atom is -0.466 e. The molecule has 1 fully saturated rings. The number of carbonyl (C=O) groups excluding carboxylic acids is 2. The van der Waals surface area contributed by atoms with Gasteiger partial charge in [0.2, 0.25) is 0 Å². The van der Waals surface area contributed by atoms with Crippen molar-refractivity contribution in [3.8, 4) is 0 Å². The molecule has 1 amide bonds. The summed E-state index contributed by atoms with van der Waals surface area (Å²) < 4.78 is 9.80. The van der Waals surface area contributed by atoms with Crippen molar-refractivity contribution >= 4 is 34.3 Å². The van der Waals surface area contributed by atoms with Crippen molar-refractivity contribution in [3.05, 3.63) is 23.4 Å². The van der Waals surface area contributed by atoms with Gasteiger partial charge in [-0.15, -0.1) is 0 Å². The van der Waals surface area contributed by atoms with E-state index in [4.69, 9.17) is 9.37 Å². The largest absolute Gasteiger partial charge is 0.466 e. The number of aliphatic hydroxyl groups excluding tert-OH is 1. The molecule has 0 unspecified atom stereocenters. The Kier molecular flexibility index (Phi) is 5.34. The number of rotatable bonds is 6. The highest BCUT2D eigenvalue weighted by Crippen LogP contribution is 2.33. The standard InChI is InChI=1S/C19H23N5O5/c1-28-19(27)12-11-24(9-10-25)18(26)15(12)20-13-5-6-14(17-16(13)21-29-22-17)23-7-3-2-4-8-23/h5-6,20,25H,2-4,7-11H2,1H3. The first-order chi connectivity index (χ1) is 14.1. The quantitative estimate of drug-likeness (QED) is 0.680. The van der Waals surface area contributed by atoms with Crippen LogP contribution in [0.2, 0.25) is 0 Å². The summed E-state index contributed by atoms with van der Waals surface area (Å²) in [5, 5.41) is 20.3. The van der Waals surface area contributed by atoms with Gasteiger partial charge in [-0.2, -0.15) is 0 Å². The van der Waals surface area contributed by atoms with Crippen molar-refractivity contribution < 1.29 is 24.1 Å². The molecular weight excluding hydrogens is 378 g/mol. The van der Waals surface area contributed by atoms with Crippen LogP contribution in [0, 0.1) is 0 Å². The highest BCUT2D eigenvalue weighted by atomic mass is 16.6. The zero-order valence-corrected chi connectivity index (χ0v) is 16.2. The summed E-state index contributed by atoms with van der Waals surface area (Å²) in [6, 6.07) is 3.73. The van der Waals surface area contributed by atoms with Crippen molar-refractivity contribution in [2.24, 2.45) is 0 Å². The summed E-state index contributed by atoms with van der Waals surface area (Å²) in [6.07, 6.45) is 3.46. The van der Waals surface area contributed by atoms with E-state index in [-0.39, 0.29) is 36.9 Å². The molecular formula is C19H23N5O5. The van der Waals surface area contributed by atoms with E-state index >= 15 is 0 Å². The van der Waals surface area contributed by atoms with Crippen molar-refractivity contribution in [2.45, 2.75) is 19.3 Å². The first-order valence-electron chi connectivity index (χ1n) is 9.63. The molecule has 0 atom stereocenters. The lowest BCUT2D eigenvalue weighted by atomic mass is 10.1. The molecule has 10 nitrogen and oxygen atoms in total.